The summed E-state index contributed by atoms with van der Waals surface area (Å²) in [5.74, 6) is 0.634. The highest BCUT2D eigenvalue weighted by molar-refractivity contribution is 5.75. The Morgan fingerprint density at radius 2 is 1.75 bits per heavy atom. The molecule has 2 aromatic carbocycles. The molecule has 0 fully saturated rings. The van der Waals surface area contributed by atoms with Crippen LogP contribution >= 0.6 is 0 Å². The molecule has 1 amide bonds. The molecule has 6 heteroatoms. The van der Waals surface area contributed by atoms with Crippen molar-refractivity contribution >= 4 is 5.91 Å². The fraction of sp³-hybridized carbons (Fsp3) is 0.222. The Morgan fingerprint density at radius 3 is 2.46 bits per heavy atom. The number of hydrogen-bond donors (Lipinski definition) is 1. The van der Waals surface area contributed by atoms with Crippen molar-refractivity contribution in [3.63, 3.8) is 0 Å². The second kappa shape index (κ2) is 7.50. The highest BCUT2D eigenvalue weighted by atomic mass is 16.2. The minimum absolute atomic E-state index is 0.0569. The molecular weight excluding hydrogens is 302 g/mol. The first-order valence-electron chi connectivity index (χ1n) is 7.87. The van der Waals surface area contributed by atoms with E-state index in [1.54, 1.807) is 0 Å². The minimum Gasteiger partial charge on any atom is -0.354 e. The lowest BCUT2D eigenvalue weighted by atomic mass is 10.0. The largest absolute Gasteiger partial charge is 0.354 e. The van der Waals surface area contributed by atoms with Gasteiger partial charge in [0.2, 0.25) is 11.7 Å². The number of hydrogen-bond acceptors (Lipinski definition) is 4. The van der Waals surface area contributed by atoms with Crippen molar-refractivity contribution in [3.05, 3.63) is 66.2 Å². The first kappa shape index (κ1) is 15.9. The Labute approximate surface area is 140 Å². The van der Waals surface area contributed by atoms with Gasteiger partial charge in [-0.05, 0) is 16.7 Å². The molecule has 0 spiro atoms. The molecule has 24 heavy (non-hydrogen) atoms. The number of tetrazole rings is 1. The number of aromatic nitrogens is 4. The molecule has 6 nitrogen and oxygen atoms in total. The van der Waals surface area contributed by atoms with Crippen LogP contribution < -0.4 is 5.32 Å². The lowest BCUT2D eigenvalue weighted by Gasteiger charge is -2.12. The van der Waals surface area contributed by atoms with Crippen LogP contribution in [0.25, 0.3) is 11.4 Å². The van der Waals surface area contributed by atoms with E-state index < -0.39 is 0 Å². The number of carbonyl (C=O) groups is 1. The smallest absolute Gasteiger partial charge is 0.243 e. The van der Waals surface area contributed by atoms with Crippen molar-refractivity contribution in [1.82, 2.24) is 25.5 Å². The summed E-state index contributed by atoms with van der Waals surface area (Å²) in [5.41, 5.74) is 2.07. The maximum absolute atomic E-state index is 12.1. The van der Waals surface area contributed by atoms with Crippen LogP contribution in [-0.4, -0.2) is 32.7 Å². The second-order valence-electron chi connectivity index (χ2n) is 5.63. The van der Waals surface area contributed by atoms with Crippen molar-refractivity contribution in [2.45, 2.75) is 19.4 Å². The molecule has 0 aliphatic heterocycles. The molecule has 0 saturated heterocycles. The highest BCUT2D eigenvalue weighted by Crippen LogP contribution is 2.13. The average molecular weight is 321 g/mol. The SMILES string of the molecule is C[C@H](CNC(=O)Cn1nnc(-c2ccccc2)n1)c1ccccc1. The lowest BCUT2D eigenvalue weighted by molar-refractivity contribution is -0.122. The Hall–Kier alpha value is -3.02. The number of amides is 1. The molecule has 3 rings (SSSR count). The highest BCUT2D eigenvalue weighted by Gasteiger charge is 2.11. The average Bonchev–Trinajstić information content (AvgIpc) is 3.09. The molecule has 0 radical (unpaired) electrons. The summed E-state index contributed by atoms with van der Waals surface area (Å²) in [6, 6.07) is 19.7. The van der Waals surface area contributed by atoms with Crippen molar-refractivity contribution < 1.29 is 4.79 Å². The normalized spacial score (nSPS) is 11.9. The predicted molar refractivity (Wildman–Crippen MR) is 91.1 cm³/mol. The summed E-state index contributed by atoms with van der Waals surface area (Å²) < 4.78 is 0. The van der Waals surface area contributed by atoms with E-state index in [2.05, 4.69) is 39.8 Å². The van der Waals surface area contributed by atoms with Gasteiger partial charge in [0.1, 0.15) is 6.54 Å². The van der Waals surface area contributed by atoms with Crippen LogP contribution in [0.2, 0.25) is 0 Å². The van der Waals surface area contributed by atoms with Crippen molar-refractivity contribution in [1.29, 1.82) is 0 Å². The standard InChI is InChI=1S/C18H19N5O/c1-14(15-8-4-2-5-9-15)12-19-17(24)13-23-21-18(20-22-23)16-10-6-3-7-11-16/h2-11,14H,12-13H2,1H3,(H,19,24)/t14-/m1/s1. The zero-order valence-corrected chi connectivity index (χ0v) is 13.5. The summed E-state index contributed by atoms with van der Waals surface area (Å²) in [6.07, 6.45) is 0. The van der Waals surface area contributed by atoms with Crippen molar-refractivity contribution in [3.8, 4) is 11.4 Å². The van der Waals surface area contributed by atoms with Gasteiger partial charge >= 0.3 is 0 Å². The van der Waals surface area contributed by atoms with E-state index in [0.717, 1.165) is 5.56 Å². The molecule has 0 bridgehead atoms. The summed E-state index contributed by atoms with van der Waals surface area (Å²) in [6.45, 7) is 2.71. The quantitative estimate of drug-likeness (QED) is 0.756. The van der Waals surface area contributed by atoms with Gasteiger partial charge in [-0.25, -0.2) is 0 Å². The number of rotatable bonds is 6. The van der Waals surface area contributed by atoms with E-state index in [1.807, 2.05) is 48.5 Å². The van der Waals surface area contributed by atoms with Gasteiger partial charge in [-0.15, -0.1) is 10.2 Å². The Balaban J connectivity index is 1.53. The molecule has 0 aliphatic rings. The third kappa shape index (κ3) is 4.04. The third-order valence-electron chi connectivity index (χ3n) is 3.74. The van der Waals surface area contributed by atoms with Crippen LogP contribution in [0.3, 0.4) is 0 Å². The summed E-state index contributed by atoms with van der Waals surface area (Å²) in [5, 5.41) is 15.1. The number of benzene rings is 2. The fourth-order valence-corrected chi connectivity index (χ4v) is 2.36. The topological polar surface area (TPSA) is 72.7 Å². The van der Waals surface area contributed by atoms with E-state index in [9.17, 15) is 4.79 Å². The van der Waals surface area contributed by atoms with Crippen LogP contribution in [0.1, 0.15) is 18.4 Å². The molecule has 122 valence electrons. The van der Waals surface area contributed by atoms with Gasteiger partial charge in [-0.1, -0.05) is 67.6 Å². The van der Waals surface area contributed by atoms with Gasteiger partial charge < -0.3 is 5.32 Å². The first-order valence-corrected chi connectivity index (χ1v) is 7.87. The molecule has 0 aliphatic carbocycles. The van der Waals surface area contributed by atoms with E-state index >= 15 is 0 Å². The Morgan fingerprint density at radius 1 is 1.08 bits per heavy atom. The molecule has 1 atom stereocenters. The Kier molecular flexibility index (Phi) is 4.96. The third-order valence-corrected chi connectivity index (χ3v) is 3.74. The monoisotopic (exact) mass is 321 g/mol. The van der Waals surface area contributed by atoms with Crippen LogP contribution in [0.5, 0.6) is 0 Å². The lowest BCUT2D eigenvalue weighted by Crippen LogP contribution is -2.31. The van der Waals surface area contributed by atoms with Crippen LogP contribution in [-0.2, 0) is 11.3 Å². The maximum Gasteiger partial charge on any atom is 0.243 e. The first-order chi connectivity index (χ1) is 11.7. The van der Waals surface area contributed by atoms with E-state index in [1.165, 1.54) is 10.4 Å². The second-order valence-corrected chi connectivity index (χ2v) is 5.63. The number of carbonyl (C=O) groups excluding carboxylic acids is 1. The minimum atomic E-state index is -0.130. The van der Waals surface area contributed by atoms with Crippen molar-refractivity contribution in [2.75, 3.05) is 6.54 Å². The summed E-state index contributed by atoms with van der Waals surface area (Å²) >= 11 is 0. The fourth-order valence-electron chi connectivity index (χ4n) is 2.36. The number of nitrogens with one attached hydrogen (secondary N) is 1. The summed E-state index contributed by atoms with van der Waals surface area (Å²) in [7, 11) is 0. The van der Waals surface area contributed by atoms with Crippen LogP contribution in [0.4, 0.5) is 0 Å². The van der Waals surface area contributed by atoms with E-state index in [4.69, 9.17) is 0 Å². The molecule has 1 heterocycles. The molecule has 0 unspecified atom stereocenters. The van der Waals surface area contributed by atoms with Gasteiger partial charge in [0.25, 0.3) is 0 Å². The van der Waals surface area contributed by atoms with Gasteiger partial charge in [0.15, 0.2) is 0 Å². The van der Waals surface area contributed by atoms with E-state index in [0.29, 0.717) is 12.4 Å². The number of nitrogens with zero attached hydrogens (tertiary/aromatic N) is 4. The molecule has 1 N–H and O–H groups in total. The van der Waals surface area contributed by atoms with Crippen LogP contribution in [0.15, 0.2) is 60.7 Å². The zero-order chi connectivity index (χ0) is 16.8. The predicted octanol–water partition coefficient (Wildman–Crippen LogP) is 2.26. The van der Waals surface area contributed by atoms with Gasteiger partial charge in [-0.3, -0.25) is 4.79 Å². The molecule has 1 aromatic heterocycles. The summed E-state index contributed by atoms with van der Waals surface area (Å²) in [4.78, 5) is 13.4. The molecule has 0 saturated carbocycles. The molecular formula is C18H19N5O. The van der Waals surface area contributed by atoms with Gasteiger partial charge in [0.05, 0.1) is 0 Å². The van der Waals surface area contributed by atoms with Crippen molar-refractivity contribution in [2.24, 2.45) is 0 Å². The maximum atomic E-state index is 12.1. The molecule has 3 aromatic rings. The zero-order valence-electron chi connectivity index (χ0n) is 13.5. The Bertz CT molecular complexity index is 785. The van der Waals surface area contributed by atoms with Gasteiger partial charge in [-0.2, -0.15) is 4.80 Å². The van der Waals surface area contributed by atoms with Gasteiger partial charge in [0, 0.05) is 12.1 Å². The van der Waals surface area contributed by atoms with E-state index in [-0.39, 0.29) is 18.4 Å². The van der Waals surface area contributed by atoms with Crippen LogP contribution in [0, 0.1) is 0 Å².